The van der Waals surface area contributed by atoms with Crippen LogP contribution < -0.4 is 9.47 Å². The van der Waals surface area contributed by atoms with Gasteiger partial charge in [-0.25, -0.2) is 0 Å². The van der Waals surface area contributed by atoms with Crippen LogP contribution in [0.25, 0.3) is 28.4 Å². The minimum atomic E-state index is 0.823. The molecule has 4 aromatic carbocycles. The number of anilines is 2. The van der Waals surface area contributed by atoms with E-state index < -0.39 is 0 Å². The molecule has 0 fully saturated rings. The predicted octanol–water partition coefficient (Wildman–Crippen LogP) is 8.14. The molecule has 0 spiro atoms. The second-order valence-corrected chi connectivity index (χ2v) is 10.4. The highest BCUT2D eigenvalue weighted by atomic mass is 16.3. The number of para-hydroxylation sites is 2. The van der Waals surface area contributed by atoms with Gasteiger partial charge in [0.2, 0.25) is 5.58 Å². The van der Waals surface area contributed by atoms with Crippen LogP contribution in [0.5, 0.6) is 0 Å². The van der Waals surface area contributed by atoms with Crippen LogP contribution >= 0.6 is 0 Å². The van der Waals surface area contributed by atoms with Gasteiger partial charge in [0.15, 0.2) is 0 Å². The first kappa shape index (κ1) is 25.8. The third kappa shape index (κ3) is 4.87. The van der Waals surface area contributed by atoms with Gasteiger partial charge in [0, 0.05) is 23.9 Å². The standard InChI is InChI=1S/C36H36N3O/c1-5-38(6-2)25-27-17-19-28(20-18-27)33-23-29(24-36-37(4)34-22-26(3)16-21-35(34)40-36)31-14-10-11-15-32(31)39(33)30-12-8-7-9-13-30/h7-24H,5-6,25H2,1-4H3/q+1. The number of fused-ring (bicyclic) bond motifs is 2. The Balaban J connectivity index is 1.51. The van der Waals surface area contributed by atoms with Gasteiger partial charge in [-0.1, -0.05) is 80.6 Å². The second kappa shape index (κ2) is 11.0. The molecule has 5 aromatic rings. The van der Waals surface area contributed by atoms with E-state index in [1.165, 1.54) is 22.3 Å². The maximum atomic E-state index is 6.34. The van der Waals surface area contributed by atoms with Crippen molar-refractivity contribution in [2.24, 2.45) is 7.05 Å². The van der Waals surface area contributed by atoms with E-state index in [-0.39, 0.29) is 0 Å². The van der Waals surface area contributed by atoms with Crippen LogP contribution in [0, 0.1) is 6.92 Å². The fourth-order valence-electron chi connectivity index (χ4n) is 5.54. The smallest absolute Gasteiger partial charge is 0.374 e. The molecule has 0 bridgehead atoms. The zero-order valence-electron chi connectivity index (χ0n) is 23.8. The van der Waals surface area contributed by atoms with E-state index in [1.807, 2.05) is 0 Å². The highest BCUT2D eigenvalue weighted by Crippen LogP contribution is 2.44. The molecule has 2 heterocycles. The monoisotopic (exact) mass is 526 g/mol. The van der Waals surface area contributed by atoms with Crippen LogP contribution in [0.2, 0.25) is 0 Å². The Morgan fingerprint density at radius 2 is 1.57 bits per heavy atom. The van der Waals surface area contributed by atoms with E-state index in [0.29, 0.717) is 0 Å². The zero-order chi connectivity index (χ0) is 27.6. The fourth-order valence-corrected chi connectivity index (χ4v) is 5.54. The number of rotatable bonds is 7. The van der Waals surface area contributed by atoms with E-state index >= 15 is 0 Å². The van der Waals surface area contributed by atoms with Crippen LogP contribution in [0.1, 0.15) is 42.0 Å². The van der Waals surface area contributed by atoms with Gasteiger partial charge < -0.3 is 9.32 Å². The van der Waals surface area contributed by atoms with Gasteiger partial charge in [0.05, 0.1) is 17.5 Å². The number of aromatic nitrogens is 1. The van der Waals surface area contributed by atoms with E-state index in [2.05, 4.69) is 151 Å². The molecule has 4 heteroatoms. The quantitative estimate of drug-likeness (QED) is 0.200. The summed E-state index contributed by atoms with van der Waals surface area (Å²) in [6.07, 6.45) is 4.47. The first-order valence-corrected chi connectivity index (χ1v) is 14.1. The normalized spacial score (nSPS) is 14.2. The summed E-state index contributed by atoms with van der Waals surface area (Å²) in [6, 6.07) is 34.6. The largest absolute Gasteiger partial charge is 0.398 e. The number of allylic oxidation sites excluding steroid dienone is 2. The molecule has 0 N–H and O–H groups in total. The van der Waals surface area contributed by atoms with Crippen LogP contribution in [-0.2, 0) is 13.6 Å². The fraction of sp³-hybridized carbons (Fsp3) is 0.194. The summed E-state index contributed by atoms with van der Waals surface area (Å²) in [4.78, 5) is 4.81. The lowest BCUT2D eigenvalue weighted by molar-refractivity contribution is -0.651. The van der Waals surface area contributed by atoms with Gasteiger partial charge >= 0.3 is 5.89 Å². The van der Waals surface area contributed by atoms with Crippen LogP contribution in [-0.4, -0.2) is 18.0 Å². The van der Waals surface area contributed by atoms with Crippen LogP contribution in [0.4, 0.5) is 11.4 Å². The van der Waals surface area contributed by atoms with Gasteiger partial charge in [-0.05, 0) is 72.6 Å². The first-order chi connectivity index (χ1) is 19.6. The van der Waals surface area contributed by atoms with Gasteiger partial charge in [-0.2, -0.15) is 4.57 Å². The molecule has 0 aliphatic carbocycles. The van der Waals surface area contributed by atoms with Crippen LogP contribution in [0.15, 0.2) is 108 Å². The van der Waals surface area contributed by atoms with Gasteiger partial charge in [0.1, 0.15) is 7.05 Å². The number of hydrogen-bond donors (Lipinski definition) is 0. The third-order valence-electron chi connectivity index (χ3n) is 7.85. The van der Waals surface area contributed by atoms with E-state index in [1.54, 1.807) is 0 Å². The van der Waals surface area contributed by atoms with E-state index in [4.69, 9.17) is 4.42 Å². The Morgan fingerprint density at radius 3 is 2.33 bits per heavy atom. The summed E-state index contributed by atoms with van der Waals surface area (Å²) < 4.78 is 8.47. The third-order valence-corrected chi connectivity index (χ3v) is 7.85. The zero-order valence-corrected chi connectivity index (χ0v) is 23.8. The highest BCUT2D eigenvalue weighted by Gasteiger charge is 2.27. The Labute approximate surface area is 237 Å². The van der Waals surface area contributed by atoms with Crippen molar-refractivity contribution in [2.75, 3.05) is 18.0 Å². The van der Waals surface area contributed by atoms with Crippen molar-refractivity contribution in [3.8, 4) is 0 Å². The lowest BCUT2D eigenvalue weighted by Crippen LogP contribution is -2.29. The minimum Gasteiger partial charge on any atom is -0.398 e. The van der Waals surface area contributed by atoms with E-state index in [0.717, 1.165) is 59.3 Å². The molecule has 0 radical (unpaired) electrons. The summed E-state index contributed by atoms with van der Waals surface area (Å²) in [7, 11) is 2.07. The summed E-state index contributed by atoms with van der Waals surface area (Å²) in [5.74, 6) is 0.823. The number of hydrogen-bond acceptors (Lipinski definition) is 3. The van der Waals surface area contributed by atoms with Gasteiger partial charge in [0.25, 0.3) is 5.52 Å². The topological polar surface area (TPSA) is 23.5 Å². The summed E-state index contributed by atoms with van der Waals surface area (Å²) >= 11 is 0. The molecular weight excluding hydrogens is 490 g/mol. The molecule has 4 nitrogen and oxygen atoms in total. The average molecular weight is 527 g/mol. The molecule has 0 saturated heterocycles. The molecule has 6 rings (SSSR count). The minimum absolute atomic E-state index is 0.823. The number of nitrogens with zero attached hydrogens (tertiary/aromatic N) is 3. The van der Waals surface area contributed by atoms with Crippen molar-refractivity contribution in [3.63, 3.8) is 0 Å². The molecule has 0 amide bonds. The Bertz CT molecular complexity index is 1710. The lowest BCUT2D eigenvalue weighted by Gasteiger charge is -2.34. The second-order valence-electron chi connectivity index (χ2n) is 10.4. The molecule has 0 unspecified atom stereocenters. The Morgan fingerprint density at radius 1 is 0.850 bits per heavy atom. The molecular formula is C36H36N3O+. The molecule has 1 aliphatic rings. The summed E-state index contributed by atoms with van der Waals surface area (Å²) in [5.41, 5.74) is 11.4. The number of oxazole rings is 1. The summed E-state index contributed by atoms with van der Waals surface area (Å²) in [5, 5.41) is 0. The highest BCUT2D eigenvalue weighted by molar-refractivity contribution is 6.05. The van der Waals surface area contributed by atoms with Crippen molar-refractivity contribution in [3.05, 3.63) is 131 Å². The summed E-state index contributed by atoms with van der Waals surface area (Å²) in [6.45, 7) is 9.62. The maximum Gasteiger partial charge on any atom is 0.374 e. The van der Waals surface area contributed by atoms with Crippen molar-refractivity contribution in [2.45, 2.75) is 27.3 Å². The number of benzene rings is 4. The van der Waals surface area contributed by atoms with E-state index in [9.17, 15) is 0 Å². The van der Waals surface area contributed by atoms with Gasteiger partial charge in [-0.15, -0.1) is 0 Å². The van der Waals surface area contributed by atoms with Gasteiger partial charge in [-0.3, -0.25) is 4.90 Å². The van der Waals surface area contributed by atoms with Crippen molar-refractivity contribution in [1.82, 2.24) is 4.90 Å². The van der Waals surface area contributed by atoms with Crippen molar-refractivity contribution < 1.29 is 8.98 Å². The van der Waals surface area contributed by atoms with Crippen molar-refractivity contribution in [1.29, 1.82) is 0 Å². The molecule has 200 valence electrons. The lowest BCUT2D eigenvalue weighted by atomic mass is 9.93. The van der Waals surface area contributed by atoms with Crippen LogP contribution in [0.3, 0.4) is 0 Å². The maximum absolute atomic E-state index is 6.34. The first-order valence-electron chi connectivity index (χ1n) is 14.1. The SMILES string of the molecule is CCN(CC)Cc1ccc(C2=C/C(=C/c3oc4ccc(C)cc4[n+]3C)c3ccccc3N2c2ccccc2)cc1. The molecule has 0 atom stereocenters. The Kier molecular flexibility index (Phi) is 7.10. The van der Waals surface area contributed by atoms with Crippen molar-refractivity contribution >= 4 is 39.8 Å². The molecule has 1 aromatic heterocycles. The number of aryl methyl sites for hydroxylation is 2. The Hall–Kier alpha value is -4.41. The molecule has 1 aliphatic heterocycles. The average Bonchev–Trinajstić information content (AvgIpc) is 3.30. The molecule has 0 saturated carbocycles. The predicted molar refractivity (Wildman–Crippen MR) is 166 cm³/mol. The molecule has 40 heavy (non-hydrogen) atoms.